The Morgan fingerprint density at radius 2 is 2.27 bits per heavy atom. The van der Waals surface area contributed by atoms with Crippen LogP contribution in [-0.4, -0.2) is 28.1 Å². The summed E-state index contributed by atoms with van der Waals surface area (Å²) in [6.07, 6.45) is 1.77. The van der Waals surface area contributed by atoms with Crippen molar-refractivity contribution in [2.75, 3.05) is 18.5 Å². The van der Waals surface area contributed by atoms with Gasteiger partial charge >= 0.3 is 0 Å². The second-order valence-electron chi connectivity index (χ2n) is 3.51. The van der Waals surface area contributed by atoms with Gasteiger partial charge in [0.1, 0.15) is 10.7 Å². The predicted molar refractivity (Wildman–Crippen MR) is 62.5 cm³/mol. The van der Waals surface area contributed by atoms with Crippen molar-refractivity contribution in [2.24, 2.45) is 7.05 Å². The number of imidazole rings is 1. The number of aromatic nitrogens is 3. The Labute approximate surface area is 93.5 Å². The minimum absolute atomic E-state index is 0.501. The zero-order valence-electron chi connectivity index (χ0n) is 9.03. The molecule has 2 rings (SSSR count). The molecule has 0 N–H and O–H groups in total. The molecule has 2 aromatic heterocycles. The first-order valence-electron chi connectivity index (χ1n) is 4.82. The third kappa shape index (κ3) is 1.65. The molecule has 0 saturated heterocycles. The maximum absolute atomic E-state index is 5.97. The van der Waals surface area contributed by atoms with E-state index >= 15 is 0 Å². The summed E-state index contributed by atoms with van der Waals surface area (Å²) >= 11 is 5.97. The largest absolute Gasteiger partial charge is 0.358 e. The molecule has 4 nitrogen and oxygen atoms in total. The average Bonchev–Trinajstić information content (AvgIpc) is 2.58. The van der Waals surface area contributed by atoms with E-state index in [1.54, 1.807) is 6.33 Å². The molecule has 0 bridgehead atoms. The van der Waals surface area contributed by atoms with Gasteiger partial charge in [-0.15, -0.1) is 0 Å². The molecule has 0 amide bonds. The summed E-state index contributed by atoms with van der Waals surface area (Å²) in [5, 5.41) is 0.501. The Morgan fingerprint density at radius 1 is 1.53 bits per heavy atom. The van der Waals surface area contributed by atoms with Gasteiger partial charge < -0.3 is 9.47 Å². The number of rotatable bonds is 2. The summed E-state index contributed by atoms with van der Waals surface area (Å²) in [6.45, 7) is 2.94. The lowest BCUT2D eigenvalue weighted by Gasteiger charge is -2.16. The van der Waals surface area contributed by atoms with Gasteiger partial charge in [0.2, 0.25) is 0 Å². The molecule has 80 valence electrons. The first kappa shape index (κ1) is 10.2. The molecule has 0 unspecified atom stereocenters. The lowest BCUT2D eigenvalue weighted by molar-refractivity contribution is 0.941. The Hall–Kier alpha value is -1.29. The Morgan fingerprint density at radius 3 is 2.93 bits per heavy atom. The minimum atomic E-state index is 0.501. The van der Waals surface area contributed by atoms with Crippen molar-refractivity contribution < 1.29 is 0 Å². The predicted octanol–water partition coefficient (Wildman–Crippen LogP) is 2.08. The summed E-state index contributed by atoms with van der Waals surface area (Å²) in [5.74, 6) is 0.834. The first-order chi connectivity index (χ1) is 7.13. The number of pyridine rings is 1. The van der Waals surface area contributed by atoms with Crippen LogP contribution in [0.3, 0.4) is 0 Å². The normalized spacial score (nSPS) is 10.9. The fourth-order valence-corrected chi connectivity index (χ4v) is 1.68. The van der Waals surface area contributed by atoms with Gasteiger partial charge in [-0.2, -0.15) is 0 Å². The molecule has 0 fully saturated rings. The Bertz CT molecular complexity index is 491. The molecule has 0 aliphatic carbocycles. The van der Waals surface area contributed by atoms with Crippen molar-refractivity contribution in [3.63, 3.8) is 0 Å². The summed E-state index contributed by atoms with van der Waals surface area (Å²) in [7, 11) is 3.92. The van der Waals surface area contributed by atoms with Gasteiger partial charge in [0.15, 0.2) is 5.82 Å². The molecule has 0 radical (unpaired) electrons. The smallest absolute Gasteiger partial charge is 0.158 e. The zero-order valence-corrected chi connectivity index (χ0v) is 9.78. The SMILES string of the molecule is CCN(C)c1nc(Cl)cc2c1ncn2C. The average molecular weight is 225 g/mol. The van der Waals surface area contributed by atoms with Crippen LogP contribution in [0, 0.1) is 0 Å². The van der Waals surface area contributed by atoms with Crippen molar-refractivity contribution in [3.05, 3.63) is 17.5 Å². The fourth-order valence-electron chi connectivity index (χ4n) is 1.50. The van der Waals surface area contributed by atoms with Crippen molar-refractivity contribution in [1.29, 1.82) is 0 Å². The van der Waals surface area contributed by atoms with Gasteiger partial charge in [-0.25, -0.2) is 9.97 Å². The zero-order chi connectivity index (χ0) is 11.0. The Balaban J connectivity index is 2.72. The number of hydrogen-bond donors (Lipinski definition) is 0. The van der Waals surface area contributed by atoms with Crippen LogP contribution in [0.2, 0.25) is 5.15 Å². The van der Waals surface area contributed by atoms with Crippen LogP contribution in [0.5, 0.6) is 0 Å². The number of hydrogen-bond acceptors (Lipinski definition) is 3. The molecule has 0 aliphatic heterocycles. The number of anilines is 1. The summed E-state index contributed by atoms with van der Waals surface area (Å²) in [6, 6.07) is 1.83. The van der Waals surface area contributed by atoms with E-state index in [0.717, 1.165) is 23.4 Å². The maximum atomic E-state index is 5.97. The monoisotopic (exact) mass is 224 g/mol. The topological polar surface area (TPSA) is 34.0 Å². The highest BCUT2D eigenvalue weighted by Crippen LogP contribution is 2.25. The van der Waals surface area contributed by atoms with E-state index in [9.17, 15) is 0 Å². The molecule has 2 heterocycles. The Kier molecular flexibility index (Phi) is 2.52. The third-order valence-electron chi connectivity index (χ3n) is 2.50. The number of halogens is 1. The molecular weight excluding hydrogens is 212 g/mol. The van der Waals surface area contributed by atoms with Crippen molar-refractivity contribution in [2.45, 2.75) is 6.92 Å². The van der Waals surface area contributed by atoms with Crippen molar-refractivity contribution in [1.82, 2.24) is 14.5 Å². The van der Waals surface area contributed by atoms with Crippen LogP contribution in [0.15, 0.2) is 12.4 Å². The summed E-state index contributed by atoms with van der Waals surface area (Å²) < 4.78 is 1.94. The molecule has 0 spiro atoms. The van der Waals surface area contributed by atoms with Crippen LogP contribution in [-0.2, 0) is 7.05 Å². The molecule has 0 aliphatic rings. The summed E-state index contributed by atoms with van der Waals surface area (Å²) in [5.41, 5.74) is 1.90. The van der Waals surface area contributed by atoms with Crippen molar-refractivity contribution >= 4 is 28.5 Å². The van der Waals surface area contributed by atoms with E-state index in [1.165, 1.54) is 0 Å². The van der Waals surface area contributed by atoms with E-state index < -0.39 is 0 Å². The standard InChI is InChI=1S/C10H13ClN4/c1-4-14(2)10-9-7(5-8(11)13-10)15(3)6-12-9/h5-6H,4H2,1-3H3. The van der Waals surface area contributed by atoms with E-state index in [0.29, 0.717) is 5.15 Å². The molecule has 2 aromatic rings. The second kappa shape index (κ2) is 3.70. The van der Waals surface area contributed by atoms with Gasteiger partial charge in [0.25, 0.3) is 0 Å². The lowest BCUT2D eigenvalue weighted by atomic mass is 10.3. The molecule has 15 heavy (non-hydrogen) atoms. The third-order valence-corrected chi connectivity index (χ3v) is 2.69. The van der Waals surface area contributed by atoms with Gasteiger partial charge in [-0.05, 0) is 6.92 Å². The summed E-state index contributed by atoms with van der Waals surface area (Å²) in [4.78, 5) is 10.7. The lowest BCUT2D eigenvalue weighted by Crippen LogP contribution is -2.17. The minimum Gasteiger partial charge on any atom is -0.358 e. The highest BCUT2D eigenvalue weighted by Gasteiger charge is 2.11. The van der Waals surface area contributed by atoms with Crippen LogP contribution >= 0.6 is 11.6 Å². The molecular formula is C10H13ClN4. The number of aryl methyl sites for hydroxylation is 1. The quantitative estimate of drug-likeness (QED) is 0.733. The van der Waals surface area contributed by atoms with Gasteiger partial charge in [-0.1, -0.05) is 11.6 Å². The van der Waals surface area contributed by atoms with Crippen LogP contribution in [0.1, 0.15) is 6.92 Å². The van der Waals surface area contributed by atoms with E-state index in [4.69, 9.17) is 11.6 Å². The second-order valence-corrected chi connectivity index (χ2v) is 3.89. The van der Waals surface area contributed by atoms with E-state index in [-0.39, 0.29) is 0 Å². The molecule has 5 heteroatoms. The fraction of sp³-hybridized carbons (Fsp3) is 0.400. The highest BCUT2D eigenvalue weighted by molar-refractivity contribution is 6.30. The number of fused-ring (bicyclic) bond motifs is 1. The highest BCUT2D eigenvalue weighted by atomic mass is 35.5. The van der Waals surface area contributed by atoms with Crippen molar-refractivity contribution in [3.8, 4) is 0 Å². The van der Waals surface area contributed by atoms with Crippen LogP contribution in [0.25, 0.3) is 11.0 Å². The number of nitrogens with zero attached hydrogens (tertiary/aromatic N) is 4. The van der Waals surface area contributed by atoms with Gasteiger partial charge in [0, 0.05) is 26.7 Å². The molecule has 0 aromatic carbocycles. The van der Waals surface area contributed by atoms with E-state index in [1.807, 2.05) is 29.6 Å². The molecule has 0 atom stereocenters. The van der Waals surface area contributed by atoms with Crippen LogP contribution in [0.4, 0.5) is 5.82 Å². The van der Waals surface area contributed by atoms with E-state index in [2.05, 4.69) is 16.9 Å². The first-order valence-corrected chi connectivity index (χ1v) is 5.20. The maximum Gasteiger partial charge on any atom is 0.158 e. The van der Waals surface area contributed by atoms with Gasteiger partial charge in [-0.3, -0.25) is 0 Å². The van der Waals surface area contributed by atoms with Crippen LogP contribution < -0.4 is 4.90 Å². The van der Waals surface area contributed by atoms with Gasteiger partial charge in [0.05, 0.1) is 11.8 Å². The molecule has 0 saturated carbocycles.